The van der Waals surface area contributed by atoms with Crippen LogP contribution in [0.2, 0.25) is 0 Å². The Morgan fingerprint density at radius 1 is 1.17 bits per heavy atom. The first-order valence-electron chi connectivity index (χ1n) is 6.35. The monoisotopic (exact) mass is 257 g/mol. The number of ether oxygens (including phenoxy) is 1. The first-order chi connectivity index (χ1) is 8.52. The van der Waals surface area contributed by atoms with Gasteiger partial charge in [-0.3, -0.25) is 0 Å². The van der Waals surface area contributed by atoms with Crippen molar-refractivity contribution in [2.75, 3.05) is 6.61 Å². The van der Waals surface area contributed by atoms with E-state index >= 15 is 0 Å². The van der Waals surface area contributed by atoms with E-state index in [0.717, 1.165) is 0 Å². The van der Waals surface area contributed by atoms with Crippen molar-refractivity contribution in [3.63, 3.8) is 0 Å². The van der Waals surface area contributed by atoms with E-state index in [1.165, 1.54) is 18.2 Å². The van der Waals surface area contributed by atoms with Crippen LogP contribution in [0.5, 0.6) is 0 Å². The van der Waals surface area contributed by atoms with Crippen LogP contribution in [0.15, 0.2) is 18.2 Å². The van der Waals surface area contributed by atoms with Gasteiger partial charge in [0.05, 0.1) is 11.6 Å². The first-order valence-corrected chi connectivity index (χ1v) is 6.35. The molecule has 0 aromatic heterocycles. The summed E-state index contributed by atoms with van der Waals surface area (Å²) in [6.07, 6.45) is 1.21. The van der Waals surface area contributed by atoms with E-state index in [-0.39, 0.29) is 5.56 Å². The van der Waals surface area contributed by atoms with Crippen LogP contribution >= 0.6 is 0 Å². The third kappa shape index (κ3) is 2.70. The van der Waals surface area contributed by atoms with Crippen LogP contribution in [0.4, 0.5) is 8.78 Å². The Hall–Kier alpha value is -1.00. The van der Waals surface area contributed by atoms with Crippen molar-refractivity contribution in [2.24, 2.45) is 5.73 Å². The molecule has 4 heteroatoms. The van der Waals surface area contributed by atoms with Gasteiger partial charge >= 0.3 is 0 Å². The Bertz CT molecular complexity index is 371. The third-order valence-corrected chi connectivity index (χ3v) is 3.51. The van der Waals surface area contributed by atoms with Gasteiger partial charge in [0.15, 0.2) is 0 Å². The summed E-state index contributed by atoms with van der Waals surface area (Å²) in [6, 6.07) is 2.97. The minimum atomic E-state index is -0.811. The molecule has 0 aliphatic rings. The molecular formula is C14H21F2NO. The molecule has 1 aromatic carbocycles. The number of hydrogen-bond donors (Lipinski definition) is 1. The fourth-order valence-corrected chi connectivity index (χ4v) is 2.34. The Morgan fingerprint density at radius 2 is 1.67 bits per heavy atom. The number of benzene rings is 1. The highest BCUT2D eigenvalue weighted by atomic mass is 19.1. The minimum Gasteiger partial charge on any atom is -0.373 e. The average molecular weight is 257 g/mol. The van der Waals surface area contributed by atoms with E-state index in [2.05, 4.69) is 0 Å². The van der Waals surface area contributed by atoms with Crippen LogP contribution in [0.1, 0.15) is 45.2 Å². The lowest BCUT2D eigenvalue weighted by Crippen LogP contribution is -2.43. The van der Waals surface area contributed by atoms with E-state index in [9.17, 15) is 8.78 Å². The molecular weight excluding hydrogens is 236 g/mol. The van der Waals surface area contributed by atoms with Gasteiger partial charge in [-0.2, -0.15) is 0 Å². The third-order valence-electron chi connectivity index (χ3n) is 3.51. The molecule has 0 aliphatic carbocycles. The zero-order chi connectivity index (χ0) is 13.8. The smallest absolute Gasteiger partial charge is 0.131 e. The van der Waals surface area contributed by atoms with Gasteiger partial charge in [0, 0.05) is 12.2 Å². The summed E-state index contributed by atoms with van der Waals surface area (Å²) in [5, 5.41) is 0. The van der Waals surface area contributed by atoms with Crippen molar-refractivity contribution in [2.45, 2.75) is 45.3 Å². The molecule has 1 aromatic rings. The van der Waals surface area contributed by atoms with Gasteiger partial charge in [-0.1, -0.05) is 19.9 Å². The van der Waals surface area contributed by atoms with Crippen molar-refractivity contribution in [1.82, 2.24) is 0 Å². The molecule has 0 fully saturated rings. The van der Waals surface area contributed by atoms with Crippen molar-refractivity contribution < 1.29 is 13.5 Å². The summed E-state index contributed by atoms with van der Waals surface area (Å²) in [7, 11) is 0. The maximum absolute atomic E-state index is 13.8. The van der Waals surface area contributed by atoms with Crippen molar-refractivity contribution in [3.05, 3.63) is 35.4 Å². The highest BCUT2D eigenvalue weighted by Gasteiger charge is 2.37. The van der Waals surface area contributed by atoms with Crippen LogP contribution in [0.25, 0.3) is 0 Å². The summed E-state index contributed by atoms with van der Waals surface area (Å²) in [6.45, 7) is 6.14. The highest BCUT2D eigenvalue weighted by Crippen LogP contribution is 2.35. The Kier molecular flexibility index (Phi) is 5.23. The van der Waals surface area contributed by atoms with Gasteiger partial charge in [-0.25, -0.2) is 8.78 Å². The molecule has 1 unspecified atom stereocenters. The molecule has 2 N–H and O–H groups in total. The fourth-order valence-electron chi connectivity index (χ4n) is 2.34. The van der Waals surface area contributed by atoms with E-state index in [1.54, 1.807) is 0 Å². The molecule has 0 spiro atoms. The number of hydrogen-bond acceptors (Lipinski definition) is 2. The molecule has 102 valence electrons. The van der Waals surface area contributed by atoms with Crippen LogP contribution in [0, 0.1) is 11.6 Å². The number of halogens is 2. The lowest BCUT2D eigenvalue weighted by atomic mass is 9.84. The molecule has 0 amide bonds. The van der Waals surface area contributed by atoms with Crippen molar-refractivity contribution in [1.29, 1.82) is 0 Å². The normalized spacial score (nSPS) is 13.7. The fraction of sp³-hybridized carbons (Fsp3) is 0.571. The second-order valence-electron chi connectivity index (χ2n) is 4.32. The molecule has 18 heavy (non-hydrogen) atoms. The summed E-state index contributed by atoms with van der Waals surface area (Å²) in [4.78, 5) is 0. The summed E-state index contributed by atoms with van der Waals surface area (Å²) >= 11 is 0. The summed E-state index contributed by atoms with van der Waals surface area (Å²) in [5.41, 5.74) is 5.27. The second kappa shape index (κ2) is 6.25. The van der Waals surface area contributed by atoms with E-state index in [0.29, 0.717) is 19.4 Å². The molecule has 0 heterocycles. The Labute approximate surface area is 107 Å². The molecule has 0 saturated heterocycles. The molecule has 2 nitrogen and oxygen atoms in total. The molecule has 0 radical (unpaired) electrons. The molecule has 0 bridgehead atoms. The van der Waals surface area contributed by atoms with E-state index < -0.39 is 23.3 Å². The van der Waals surface area contributed by atoms with Gasteiger partial charge in [-0.15, -0.1) is 0 Å². The van der Waals surface area contributed by atoms with Crippen LogP contribution in [-0.4, -0.2) is 12.2 Å². The van der Waals surface area contributed by atoms with Crippen molar-refractivity contribution in [3.8, 4) is 0 Å². The quantitative estimate of drug-likeness (QED) is 0.845. The standard InChI is InChI=1S/C14H21F2NO/c1-4-14(5-2,18-6-3)13(17)12-10(15)8-7-9-11(12)16/h7-9,13H,4-6,17H2,1-3H3. The van der Waals surface area contributed by atoms with Crippen molar-refractivity contribution >= 4 is 0 Å². The minimum absolute atomic E-state index is 0.0883. The first kappa shape index (κ1) is 15.1. The highest BCUT2D eigenvalue weighted by molar-refractivity contribution is 5.25. The largest absolute Gasteiger partial charge is 0.373 e. The summed E-state index contributed by atoms with van der Waals surface area (Å²) in [5.74, 6) is -1.23. The topological polar surface area (TPSA) is 35.2 Å². The number of rotatable bonds is 6. The van der Waals surface area contributed by atoms with Gasteiger partial charge in [0.1, 0.15) is 11.6 Å². The average Bonchev–Trinajstić information content (AvgIpc) is 2.35. The predicted octanol–water partition coefficient (Wildman–Crippen LogP) is 3.56. The Balaban J connectivity index is 3.21. The van der Waals surface area contributed by atoms with Crippen LogP contribution in [0.3, 0.4) is 0 Å². The Morgan fingerprint density at radius 3 is 2.06 bits per heavy atom. The van der Waals surface area contributed by atoms with E-state index in [4.69, 9.17) is 10.5 Å². The van der Waals surface area contributed by atoms with Gasteiger partial charge in [0.2, 0.25) is 0 Å². The molecule has 1 rings (SSSR count). The van der Waals surface area contributed by atoms with E-state index in [1.807, 2.05) is 20.8 Å². The molecule has 0 saturated carbocycles. The lowest BCUT2D eigenvalue weighted by Gasteiger charge is -2.37. The number of nitrogens with two attached hydrogens (primary N) is 1. The summed E-state index contributed by atoms with van der Waals surface area (Å²) < 4.78 is 33.2. The SMILES string of the molecule is CCOC(CC)(CC)C(N)c1c(F)cccc1F. The molecule has 0 aliphatic heterocycles. The molecule has 1 atom stereocenters. The lowest BCUT2D eigenvalue weighted by molar-refractivity contribution is -0.0658. The van der Waals surface area contributed by atoms with Gasteiger partial charge in [-0.05, 0) is 31.9 Å². The predicted molar refractivity (Wildman–Crippen MR) is 68.2 cm³/mol. The maximum atomic E-state index is 13.8. The zero-order valence-corrected chi connectivity index (χ0v) is 11.2. The van der Waals surface area contributed by atoms with Gasteiger partial charge in [0.25, 0.3) is 0 Å². The second-order valence-corrected chi connectivity index (χ2v) is 4.32. The zero-order valence-electron chi connectivity index (χ0n) is 11.2. The maximum Gasteiger partial charge on any atom is 0.131 e. The van der Waals surface area contributed by atoms with Gasteiger partial charge < -0.3 is 10.5 Å². The van der Waals surface area contributed by atoms with Crippen LogP contribution in [-0.2, 0) is 4.74 Å². The van der Waals surface area contributed by atoms with Crippen LogP contribution < -0.4 is 5.73 Å².